The van der Waals surface area contributed by atoms with Gasteiger partial charge in [-0.2, -0.15) is 0 Å². The van der Waals surface area contributed by atoms with Crippen molar-refractivity contribution in [2.24, 2.45) is 17.4 Å². The molecule has 6 nitrogen and oxygen atoms in total. The second kappa shape index (κ2) is 5.26. The number of primary amides is 1. The van der Waals surface area contributed by atoms with Crippen molar-refractivity contribution in [3.8, 4) is 0 Å². The van der Waals surface area contributed by atoms with Crippen LogP contribution in [0.1, 0.15) is 18.5 Å². The Balaban J connectivity index is 2.15. The molecule has 0 unspecified atom stereocenters. The molecule has 4 N–H and O–H groups in total. The predicted octanol–water partition coefficient (Wildman–Crippen LogP) is -0.188. The quantitative estimate of drug-likeness (QED) is 0.735. The number of thiocarbonyl (C=S) groups is 1. The summed E-state index contributed by atoms with van der Waals surface area (Å²) in [4.78, 5) is 21.8. The van der Waals surface area contributed by atoms with E-state index in [4.69, 9.17) is 23.7 Å². The second-order valence-corrected chi connectivity index (χ2v) is 4.70. The molecular weight excluding hydrogens is 250 g/mol. The zero-order valence-electron chi connectivity index (χ0n) is 9.87. The van der Waals surface area contributed by atoms with Crippen LogP contribution in [0.2, 0.25) is 0 Å². The van der Waals surface area contributed by atoms with Gasteiger partial charge in [0.05, 0.1) is 0 Å². The smallest absolute Gasteiger partial charge is 0.220 e. The fourth-order valence-corrected chi connectivity index (χ4v) is 2.26. The van der Waals surface area contributed by atoms with Crippen LogP contribution in [0, 0.1) is 5.92 Å². The molecule has 1 saturated heterocycles. The molecule has 2 heterocycles. The first kappa shape index (κ1) is 12.7. The Morgan fingerprint density at radius 2 is 1.89 bits per heavy atom. The number of aromatic nitrogens is 2. The molecule has 0 bridgehead atoms. The first-order valence-electron chi connectivity index (χ1n) is 5.74. The molecule has 1 aromatic heterocycles. The van der Waals surface area contributed by atoms with Gasteiger partial charge >= 0.3 is 0 Å². The lowest BCUT2D eigenvalue weighted by Gasteiger charge is -2.32. The minimum absolute atomic E-state index is 0.0498. The topological polar surface area (TPSA) is 98.1 Å². The van der Waals surface area contributed by atoms with E-state index < -0.39 is 0 Å². The van der Waals surface area contributed by atoms with Gasteiger partial charge in [-0.1, -0.05) is 12.2 Å². The lowest BCUT2D eigenvalue weighted by Crippen LogP contribution is -2.40. The van der Waals surface area contributed by atoms with E-state index in [0.29, 0.717) is 24.6 Å². The zero-order chi connectivity index (χ0) is 13.1. The maximum atomic E-state index is 11.1. The van der Waals surface area contributed by atoms with Gasteiger partial charge in [-0.25, -0.2) is 9.97 Å². The van der Waals surface area contributed by atoms with Gasteiger partial charge in [0.1, 0.15) is 10.7 Å². The van der Waals surface area contributed by atoms with Crippen molar-refractivity contribution in [1.29, 1.82) is 0 Å². The molecule has 0 atom stereocenters. The first-order valence-corrected chi connectivity index (χ1v) is 6.15. The summed E-state index contributed by atoms with van der Waals surface area (Å²) in [6.45, 7) is 1.42. The Morgan fingerprint density at radius 1 is 1.28 bits per heavy atom. The molecular formula is C11H15N5OS. The predicted molar refractivity (Wildman–Crippen MR) is 72.1 cm³/mol. The van der Waals surface area contributed by atoms with E-state index in [9.17, 15) is 4.79 Å². The summed E-state index contributed by atoms with van der Waals surface area (Å²) >= 11 is 4.96. The zero-order valence-corrected chi connectivity index (χ0v) is 10.7. The molecule has 0 aromatic carbocycles. The van der Waals surface area contributed by atoms with Crippen LogP contribution in [-0.2, 0) is 4.79 Å². The van der Waals surface area contributed by atoms with E-state index in [1.807, 2.05) is 4.90 Å². The van der Waals surface area contributed by atoms with E-state index in [1.54, 1.807) is 12.4 Å². The highest BCUT2D eigenvalue weighted by molar-refractivity contribution is 7.80. The number of nitrogens with zero attached hydrogens (tertiary/aromatic N) is 3. The minimum atomic E-state index is -0.233. The van der Waals surface area contributed by atoms with Gasteiger partial charge < -0.3 is 16.4 Å². The number of nitrogens with two attached hydrogens (primary N) is 2. The lowest BCUT2D eigenvalue weighted by molar-refractivity contribution is -0.122. The summed E-state index contributed by atoms with van der Waals surface area (Å²) in [6.07, 6.45) is 4.62. The van der Waals surface area contributed by atoms with E-state index in [1.165, 1.54) is 0 Å². The fourth-order valence-electron chi connectivity index (χ4n) is 2.11. The van der Waals surface area contributed by atoms with Gasteiger partial charge in [0.2, 0.25) is 5.91 Å². The van der Waals surface area contributed by atoms with Gasteiger partial charge in [-0.3, -0.25) is 4.79 Å². The van der Waals surface area contributed by atoms with E-state index in [2.05, 4.69) is 9.97 Å². The number of amides is 1. The van der Waals surface area contributed by atoms with Crippen LogP contribution < -0.4 is 16.4 Å². The van der Waals surface area contributed by atoms with Crippen molar-refractivity contribution >= 4 is 28.9 Å². The summed E-state index contributed by atoms with van der Waals surface area (Å²) in [7, 11) is 0. The number of anilines is 1. The van der Waals surface area contributed by atoms with Crippen molar-refractivity contribution in [1.82, 2.24) is 9.97 Å². The highest BCUT2D eigenvalue weighted by atomic mass is 32.1. The van der Waals surface area contributed by atoms with Gasteiger partial charge in [0.25, 0.3) is 0 Å². The Kier molecular flexibility index (Phi) is 3.71. The summed E-state index contributed by atoms with van der Waals surface area (Å²) in [5, 5.41) is 0. The van der Waals surface area contributed by atoms with Gasteiger partial charge in [0.15, 0.2) is 5.82 Å². The van der Waals surface area contributed by atoms with Crippen LogP contribution in [0.4, 0.5) is 5.82 Å². The molecule has 2 rings (SSSR count). The molecule has 1 aromatic rings. The Bertz CT molecular complexity index is 470. The van der Waals surface area contributed by atoms with Crippen LogP contribution in [-0.4, -0.2) is 34.0 Å². The van der Waals surface area contributed by atoms with E-state index in [-0.39, 0.29) is 16.8 Å². The lowest BCUT2D eigenvalue weighted by atomic mass is 9.96. The normalized spacial score (nSPS) is 16.6. The van der Waals surface area contributed by atoms with Crippen molar-refractivity contribution < 1.29 is 4.79 Å². The number of piperidine rings is 1. The maximum Gasteiger partial charge on any atom is 0.220 e. The van der Waals surface area contributed by atoms with Crippen LogP contribution >= 0.6 is 12.2 Å². The average molecular weight is 265 g/mol. The summed E-state index contributed by atoms with van der Waals surface area (Å²) in [5.41, 5.74) is 11.5. The minimum Gasteiger partial charge on any atom is -0.388 e. The Labute approximate surface area is 110 Å². The largest absolute Gasteiger partial charge is 0.388 e. The highest BCUT2D eigenvalue weighted by Gasteiger charge is 2.25. The van der Waals surface area contributed by atoms with Crippen molar-refractivity contribution in [2.75, 3.05) is 18.0 Å². The summed E-state index contributed by atoms with van der Waals surface area (Å²) in [5.74, 6) is 0.405. The molecule has 0 saturated carbocycles. The molecule has 96 valence electrons. The maximum absolute atomic E-state index is 11.1. The molecule has 1 fully saturated rings. The molecule has 1 aliphatic heterocycles. The number of hydrogen-bond donors (Lipinski definition) is 2. The van der Waals surface area contributed by atoms with Gasteiger partial charge in [0, 0.05) is 31.4 Å². The summed E-state index contributed by atoms with van der Waals surface area (Å²) in [6, 6.07) is 0. The Hall–Kier alpha value is -1.76. The third kappa shape index (κ3) is 2.56. The SMILES string of the molecule is NC(=O)C1CCN(c2nccnc2C(N)=S)CC1. The molecule has 18 heavy (non-hydrogen) atoms. The van der Waals surface area contributed by atoms with E-state index in [0.717, 1.165) is 12.8 Å². The fraction of sp³-hybridized carbons (Fsp3) is 0.455. The molecule has 0 spiro atoms. The molecule has 1 amide bonds. The van der Waals surface area contributed by atoms with Crippen LogP contribution in [0.3, 0.4) is 0 Å². The van der Waals surface area contributed by atoms with Crippen LogP contribution in [0.5, 0.6) is 0 Å². The van der Waals surface area contributed by atoms with Gasteiger partial charge in [-0.15, -0.1) is 0 Å². The number of carbonyl (C=O) groups is 1. The number of carbonyl (C=O) groups excluding carboxylic acids is 1. The highest BCUT2D eigenvalue weighted by Crippen LogP contribution is 2.23. The van der Waals surface area contributed by atoms with E-state index >= 15 is 0 Å². The van der Waals surface area contributed by atoms with Gasteiger partial charge in [-0.05, 0) is 12.8 Å². The average Bonchev–Trinajstić information content (AvgIpc) is 2.39. The molecule has 1 aliphatic rings. The van der Waals surface area contributed by atoms with Crippen molar-refractivity contribution in [2.45, 2.75) is 12.8 Å². The second-order valence-electron chi connectivity index (χ2n) is 4.26. The third-order valence-corrected chi connectivity index (χ3v) is 3.30. The number of rotatable bonds is 3. The van der Waals surface area contributed by atoms with Crippen molar-refractivity contribution in [3.63, 3.8) is 0 Å². The van der Waals surface area contributed by atoms with Crippen LogP contribution in [0.15, 0.2) is 12.4 Å². The first-order chi connectivity index (χ1) is 8.59. The third-order valence-electron chi connectivity index (χ3n) is 3.11. The molecule has 0 radical (unpaired) electrons. The molecule has 0 aliphatic carbocycles. The number of hydrogen-bond acceptors (Lipinski definition) is 5. The van der Waals surface area contributed by atoms with Crippen molar-refractivity contribution in [3.05, 3.63) is 18.1 Å². The monoisotopic (exact) mass is 265 g/mol. The summed E-state index contributed by atoms with van der Waals surface area (Å²) < 4.78 is 0. The Morgan fingerprint density at radius 3 is 2.44 bits per heavy atom. The molecule has 7 heteroatoms. The standard InChI is InChI=1S/C11H15N5OS/c12-9(17)7-1-5-16(6-2-7)11-8(10(13)18)14-3-4-15-11/h3-4,7H,1-2,5-6H2,(H2,12,17)(H2,13,18). The van der Waals surface area contributed by atoms with Crippen LogP contribution in [0.25, 0.3) is 0 Å².